The van der Waals surface area contributed by atoms with E-state index < -0.39 is 17.2 Å². The smallest absolute Gasteiger partial charge is 0.168 e. The van der Waals surface area contributed by atoms with E-state index in [0.29, 0.717) is 19.7 Å². The van der Waals surface area contributed by atoms with E-state index in [9.17, 15) is 8.78 Å². The zero-order valence-corrected chi connectivity index (χ0v) is 11.8. The first kappa shape index (κ1) is 15.6. The summed E-state index contributed by atoms with van der Waals surface area (Å²) in [6, 6.07) is 0.820. The van der Waals surface area contributed by atoms with E-state index in [1.54, 1.807) is 0 Å². The summed E-state index contributed by atoms with van der Waals surface area (Å²) in [5.41, 5.74) is -0.449. The topological polar surface area (TPSA) is 46.2 Å². The standard InChI is InChI=1S/C13H21F2N3O/c1-5-16-11-9(14)7-10(15)12(18-11)17-8-13(3,4)19-6-2/h7H,5-6,8H2,1-4H3,(H2,16,17,18). The molecule has 0 amide bonds. The minimum Gasteiger partial charge on any atom is -0.374 e. The lowest BCUT2D eigenvalue weighted by molar-refractivity contribution is 0.000603. The summed E-state index contributed by atoms with van der Waals surface area (Å²) >= 11 is 0. The maximum absolute atomic E-state index is 13.6. The lowest BCUT2D eigenvalue weighted by Crippen LogP contribution is -2.33. The molecule has 0 atom stereocenters. The summed E-state index contributed by atoms with van der Waals surface area (Å²) in [6.45, 7) is 8.93. The van der Waals surface area contributed by atoms with Crippen LogP contribution in [0.3, 0.4) is 0 Å². The van der Waals surface area contributed by atoms with E-state index in [2.05, 4.69) is 15.6 Å². The molecule has 108 valence electrons. The predicted molar refractivity (Wildman–Crippen MR) is 72.5 cm³/mol. The Morgan fingerprint density at radius 3 is 2.26 bits per heavy atom. The minimum atomic E-state index is -0.716. The van der Waals surface area contributed by atoms with E-state index in [-0.39, 0.29) is 11.6 Å². The molecule has 2 N–H and O–H groups in total. The van der Waals surface area contributed by atoms with Crippen LogP contribution < -0.4 is 10.6 Å². The second-order valence-electron chi connectivity index (χ2n) is 4.73. The van der Waals surface area contributed by atoms with Gasteiger partial charge >= 0.3 is 0 Å². The molecule has 0 aliphatic rings. The van der Waals surface area contributed by atoms with Crippen molar-refractivity contribution in [2.45, 2.75) is 33.3 Å². The lowest BCUT2D eigenvalue weighted by Gasteiger charge is -2.25. The number of hydrogen-bond donors (Lipinski definition) is 2. The van der Waals surface area contributed by atoms with Crippen molar-refractivity contribution in [2.24, 2.45) is 0 Å². The van der Waals surface area contributed by atoms with Gasteiger partial charge in [-0.15, -0.1) is 0 Å². The summed E-state index contributed by atoms with van der Waals surface area (Å²) in [6.07, 6.45) is 0. The average Bonchev–Trinajstić information content (AvgIpc) is 2.31. The minimum absolute atomic E-state index is 0.0186. The molecule has 0 bridgehead atoms. The monoisotopic (exact) mass is 273 g/mol. The number of halogens is 2. The highest BCUT2D eigenvalue weighted by molar-refractivity contribution is 5.47. The fourth-order valence-electron chi connectivity index (χ4n) is 1.62. The Kier molecular flexibility index (Phi) is 5.47. The van der Waals surface area contributed by atoms with Crippen LogP contribution in [-0.2, 0) is 4.74 Å². The van der Waals surface area contributed by atoms with E-state index in [1.807, 2.05) is 27.7 Å². The SMILES string of the molecule is CCNc1nc(NCC(C)(C)OCC)c(F)cc1F. The van der Waals surface area contributed by atoms with Crippen LogP contribution >= 0.6 is 0 Å². The van der Waals surface area contributed by atoms with Crippen molar-refractivity contribution in [1.29, 1.82) is 0 Å². The average molecular weight is 273 g/mol. The van der Waals surface area contributed by atoms with Crippen molar-refractivity contribution in [3.8, 4) is 0 Å². The number of aromatic nitrogens is 1. The first-order chi connectivity index (χ1) is 8.89. The molecule has 0 aliphatic carbocycles. The molecule has 0 saturated heterocycles. The molecule has 0 aromatic carbocycles. The fraction of sp³-hybridized carbons (Fsp3) is 0.615. The van der Waals surface area contributed by atoms with E-state index in [1.165, 1.54) is 0 Å². The van der Waals surface area contributed by atoms with Gasteiger partial charge in [0.1, 0.15) is 0 Å². The molecule has 0 fully saturated rings. The van der Waals surface area contributed by atoms with Crippen molar-refractivity contribution in [1.82, 2.24) is 4.98 Å². The highest BCUT2D eigenvalue weighted by atomic mass is 19.1. The first-order valence-corrected chi connectivity index (χ1v) is 6.37. The summed E-state index contributed by atoms with van der Waals surface area (Å²) in [5.74, 6) is -1.36. The van der Waals surface area contributed by atoms with Gasteiger partial charge in [0.15, 0.2) is 23.3 Å². The molecule has 0 saturated carbocycles. The number of ether oxygens (including phenoxy) is 1. The van der Waals surface area contributed by atoms with Crippen LogP contribution in [0.1, 0.15) is 27.7 Å². The molecule has 0 unspecified atom stereocenters. The molecule has 4 nitrogen and oxygen atoms in total. The molecule has 1 aromatic rings. The largest absolute Gasteiger partial charge is 0.374 e. The van der Waals surface area contributed by atoms with Crippen molar-refractivity contribution in [3.05, 3.63) is 17.7 Å². The summed E-state index contributed by atoms with van der Waals surface area (Å²) in [5, 5.41) is 5.59. The van der Waals surface area contributed by atoms with Crippen LogP contribution in [0.5, 0.6) is 0 Å². The highest BCUT2D eigenvalue weighted by Gasteiger charge is 2.19. The molecule has 1 rings (SSSR count). The fourth-order valence-corrected chi connectivity index (χ4v) is 1.62. The Balaban J connectivity index is 2.80. The second kappa shape index (κ2) is 6.65. The third-order valence-electron chi connectivity index (χ3n) is 2.49. The van der Waals surface area contributed by atoms with Gasteiger partial charge in [-0.2, -0.15) is 0 Å². The summed E-state index contributed by atoms with van der Waals surface area (Å²) in [4.78, 5) is 3.90. The summed E-state index contributed by atoms with van der Waals surface area (Å²) in [7, 11) is 0. The lowest BCUT2D eigenvalue weighted by atomic mass is 10.1. The summed E-state index contributed by atoms with van der Waals surface area (Å²) < 4.78 is 32.5. The molecular weight excluding hydrogens is 252 g/mol. The van der Waals surface area contributed by atoms with Gasteiger partial charge in [-0.05, 0) is 27.7 Å². The second-order valence-corrected chi connectivity index (χ2v) is 4.73. The first-order valence-electron chi connectivity index (χ1n) is 6.37. The van der Waals surface area contributed by atoms with Gasteiger partial charge in [-0.1, -0.05) is 0 Å². The number of rotatable bonds is 7. The van der Waals surface area contributed by atoms with Gasteiger partial charge in [0.2, 0.25) is 0 Å². The molecule has 19 heavy (non-hydrogen) atoms. The molecule has 0 spiro atoms. The van der Waals surface area contributed by atoms with Gasteiger partial charge < -0.3 is 15.4 Å². The van der Waals surface area contributed by atoms with E-state index in [4.69, 9.17) is 4.74 Å². The molecule has 6 heteroatoms. The Morgan fingerprint density at radius 1 is 1.16 bits per heavy atom. The third-order valence-corrected chi connectivity index (χ3v) is 2.49. The van der Waals surface area contributed by atoms with Crippen molar-refractivity contribution >= 4 is 11.6 Å². The zero-order chi connectivity index (χ0) is 14.5. The maximum Gasteiger partial charge on any atom is 0.168 e. The molecule has 1 aromatic heterocycles. The molecule has 0 aliphatic heterocycles. The van der Waals surface area contributed by atoms with Gasteiger partial charge in [0.25, 0.3) is 0 Å². The van der Waals surface area contributed by atoms with E-state index >= 15 is 0 Å². The number of anilines is 2. The third kappa shape index (κ3) is 4.63. The number of hydrogen-bond acceptors (Lipinski definition) is 4. The quantitative estimate of drug-likeness (QED) is 0.801. The number of nitrogens with one attached hydrogen (secondary N) is 2. The Bertz CT molecular complexity index is 425. The number of pyridine rings is 1. The van der Waals surface area contributed by atoms with Crippen LogP contribution in [0.15, 0.2) is 6.07 Å². The maximum atomic E-state index is 13.6. The van der Waals surface area contributed by atoms with Crippen LogP contribution in [0.25, 0.3) is 0 Å². The van der Waals surface area contributed by atoms with Gasteiger partial charge in [0, 0.05) is 25.8 Å². The Morgan fingerprint density at radius 2 is 1.74 bits per heavy atom. The van der Waals surface area contributed by atoms with Crippen LogP contribution in [0.4, 0.5) is 20.4 Å². The predicted octanol–water partition coefficient (Wildman–Crippen LogP) is 3.02. The van der Waals surface area contributed by atoms with Crippen molar-refractivity contribution in [3.63, 3.8) is 0 Å². The molecular formula is C13H21F2N3O. The normalized spacial score (nSPS) is 11.5. The van der Waals surface area contributed by atoms with Crippen LogP contribution in [0, 0.1) is 11.6 Å². The molecule has 0 radical (unpaired) electrons. The molecule has 1 heterocycles. The highest BCUT2D eigenvalue weighted by Crippen LogP contribution is 2.20. The Labute approximate surface area is 112 Å². The zero-order valence-electron chi connectivity index (χ0n) is 11.8. The van der Waals surface area contributed by atoms with Gasteiger partial charge in [-0.3, -0.25) is 0 Å². The van der Waals surface area contributed by atoms with Gasteiger partial charge in [0.05, 0.1) is 5.60 Å². The van der Waals surface area contributed by atoms with Crippen LogP contribution in [0.2, 0.25) is 0 Å². The van der Waals surface area contributed by atoms with Gasteiger partial charge in [-0.25, -0.2) is 13.8 Å². The number of nitrogens with zero attached hydrogens (tertiary/aromatic N) is 1. The van der Waals surface area contributed by atoms with Crippen LogP contribution in [-0.4, -0.2) is 30.3 Å². The van der Waals surface area contributed by atoms with Crippen molar-refractivity contribution in [2.75, 3.05) is 30.3 Å². The Hall–Kier alpha value is -1.43. The van der Waals surface area contributed by atoms with Crippen molar-refractivity contribution < 1.29 is 13.5 Å². The van der Waals surface area contributed by atoms with E-state index in [0.717, 1.165) is 6.07 Å².